The van der Waals surface area contributed by atoms with Crippen molar-refractivity contribution in [3.05, 3.63) is 16.2 Å². The van der Waals surface area contributed by atoms with Crippen LogP contribution in [0.5, 0.6) is 0 Å². The number of aliphatic hydroxyl groups is 1. The van der Waals surface area contributed by atoms with E-state index in [4.69, 9.17) is 10.8 Å². The highest BCUT2D eigenvalue weighted by molar-refractivity contribution is 9.10. The Bertz CT molecular complexity index is 366. The lowest BCUT2D eigenvalue weighted by atomic mass is 10.1. The van der Waals surface area contributed by atoms with Crippen molar-refractivity contribution in [2.75, 3.05) is 17.7 Å². The van der Waals surface area contributed by atoms with Crippen molar-refractivity contribution in [1.82, 2.24) is 4.98 Å². The van der Waals surface area contributed by atoms with Crippen LogP contribution in [0, 0.1) is 6.92 Å². The second-order valence-electron chi connectivity index (χ2n) is 4.17. The first-order valence-corrected chi connectivity index (χ1v) is 5.46. The number of hydrogen-bond acceptors (Lipinski definition) is 4. The molecular weight excluding hydrogens is 258 g/mol. The summed E-state index contributed by atoms with van der Waals surface area (Å²) in [6.07, 6.45) is 1.61. The van der Waals surface area contributed by atoms with Crippen LogP contribution < -0.4 is 11.1 Å². The zero-order valence-electron chi connectivity index (χ0n) is 9.13. The third kappa shape index (κ3) is 2.82. The number of aliphatic hydroxyl groups excluding tert-OH is 1. The summed E-state index contributed by atoms with van der Waals surface area (Å²) in [5, 5.41) is 12.3. The molecule has 84 valence electrons. The largest absolute Gasteiger partial charge is 0.397 e. The molecule has 4 nitrogen and oxygen atoms in total. The van der Waals surface area contributed by atoms with Crippen molar-refractivity contribution >= 4 is 27.4 Å². The van der Waals surface area contributed by atoms with E-state index in [0.29, 0.717) is 11.5 Å². The molecule has 1 rings (SSSR count). The molecule has 4 N–H and O–H groups in total. The summed E-state index contributed by atoms with van der Waals surface area (Å²) in [5.74, 6) is 0.695. The molecule has 0 fully saturated rings. The Morgan fingerprint density at radius 2 is 2.20 bits per heavy atom. The summed E-state index contributed by atoms with van der Waals surface area (Å²) >= 11 is 3.43. The molecule has 0 radical (unpaired) electrons. The van der Waals surface area contributed by atoms with E-state index >= 15 is 0 Å². The Balaban J connectivity index is 3.02. The van der Waals surface area contributed by atoms with Crippen molar-refractivity contribution in [2.45, 2.75) is 26.3 Å². The zero-order valence-corrected chi connectivity index (χ0v) is 10.7. The van der Waals surface area contributed by atoms with E-state index in [9.17, 15) is 0 Å². The van der Waals surface area contributed by atoms with Gasteiger partial charge in [0.15, 0.2) is 0 Å². The van der Waals surface area contributed by atoms with E-state index in [0.717, 1.165) is 10.0 Å². The summed E-state index contributed by atoms with van der Waals surface area (Å²) in [7, 11) is 0. The van der Waals surface area contributed by atoms with Crippen LogP contribution in [0.25, 0.3) is 0 Å². The number of hydrogen-bond donors (Lipinski definition) is 3. The van der Waals surface area contributed by atoms with Gasteiger partial charge >= 0.3 is 0 Å². The van der Waals surface area contributed by atoms with E-state index in [1.54, 1.807) is 6.20 Å². The van der Waals surface area contributed by atoms with Gasteiger partial charge in [-0.1, -0.05) is 0 Å². The SMILES string of the molecule is Cc1c(N)cnc(NC(C)(C)CO)c1Br. The van der Waals surface area contributed by atoms with Gasteiger partial charge in [-0.2, -0.15) is 0 Å². The Morgan fingerprint density at radius 1 is 1.60 bits per heavy atom. The summed E-state index contributed by atoms with van der Waals surface area (Å²) in [5.41, 5.74) is 6.90. The van der Waals surface area contributed by atoms with Crippen LogP contribution in [0.15, 0.2) is 10.7 Å². The lowest BCUT2D eigenvalue weighted by Gasteiger charge is -2.25. The first kappa shape index (κ1) is 12.3. The highest BCUT2D eigenvalue weighted by Gasteiger charge is 2.18. The quantitative estimate of drug-likeness (QED) is 0.787. The minimum absolute atomic E-state index is 0.0323. The van der Waals surface area contributed by atoms with Crippen LogP contribution in [0.4, 0.5) is 11.5 Å². The predicted octanol–water partition coefficient (Wildman–Crippen LogP) is 1.92. The van der Waals surface area contributed by atoms with Crippen LogP contribution in [-0.2, 0) is 0 Å². The Labute approximate surface area is 98.0 Å². The minimum atomic E-state index is -0.405. The Morgan fingerprint density at radius 3 is 2.73 bits per heavy atom. The molecule has 1 aromatic rings. The molecule has 1 heterocycles. The number of rotatable bonds is 3. The molecule has 1 aromatic heterocycles. The number of anilines is 2. The van der Waals surface area contributed by atoms with E-state index in [2.05, 4.69) is 26.2 Å². The zero-order chi connectivity index (χ0) is 11.6. The van der Waals surface area contributed by atoms with Crippen LogP contribution in [0.1, 0.15) is 19.4 Å². The molecular formula is C10H16BrN3O. The van der Waals surface area contributed by atoms with Gasteiger partial charge in [0.25, 0.3) is 0 Å². The van der Waals surface area contributed by atoms with Gasteiger partial charge in [0.1, 0.15) is 5.82 Å². The molecule has 5 heteroatoms. The average molecular weight is 274 g/mol. The number of pyridine rings is 1. The summed E-state index contributed by atoms with van der Waals surface area (Å²) in [6.45, 7) is 5.74. The van der Waals surface area contributed by atoms with Crippen molar-refractivity contribution in [3.8, 4) is 0 Å². The maximum atomic E-state index is 9.14. The molecule has 0 unspecified atom stereocenters. The highest BCUT2D eigenvalue weighted by Crippen LogP contribution is 2.29. The monoisotopic (exact) mass is 273 g/mol. The van der Waals surface area contributed by atoms with Crippen LogP contribution in [0.3, 0.4) is 0 Å². The molecule has 0 aliphatic carbocycles. The lowest BCUT2D eigenvalue weighted by Crippen LogP contribution is -2.35. The number of nitrogens with two attached hydrogens (primary N) is 1. The van der Waals surface area contributed by atoms with Gasteiger partial charge < -0.3 is 16.2 Å². The van der Waals surface area contributed by atoms with Crippen LogP contribution in [-0.4, -0.2) is 22.2 Å². The Hall–Kier alpha value is -0.810. The predicted molar refractivity (Wildman–Crippen MR) is 65.9 cm³/mol. The fourth-order valence-corrected chi connectivity index (χ4v) is 1.47. The standard InChI is InChI=1S/C10H16BrN3O/c1-6-7(12)4-13-9(8(6)11)14-10(2,3)5-15/h4,15H,5,12H2,1-3H3,(H,13,14). The maximum absolute atomic E-state index is 9.14. The first-order chi connectivity index (χ1) is 6.87. The molecule has 0 aromatic carbocycles. The smallest absolute Gasteiger partial charge is 0.141 e. The number of halogens is 1. The van der Waals surface area contributed by atoms with Crippen molar-refractivity contribution in [1.29, 1.82) is 0 Å². The molecule has 0 spiro atoms. The summed E-state index contributed by atoms with van der Waals surface area (Å²) in [6, 6.07) is 0. The van der Waals surface area contributed by atoms with Gasteiger partial charge in [0.2, 0.25) is 0 Å². The van der Waals surface area contributed by atoms with Crippen molar-refractivity contribution in [2.24, 2.45) is 0 Å². The second-order valence-corrected chi connectivity index (χ2v) is 4.96. The third-order valence-corrected chi connectivity index (χ3v) is 3.13. The van der Waals surface area contributed by atoms with Gasteiger partial charge in [-0.05, 0) is 42.3 Å². The molecule has 0 aliphatic heterocycles. The number of nitrogens with one attached hydrogen (secondary N) is 1. The fourth-order valence-electron chi connectivity index (χ4n) is 1.04. The molecule has 0 saturated carbocycles. The molecule has 0 saturated heterocycles. The van der Waals surface area contributed by atoms with Gasteiger partial charge in [0.05, 0.1) is 28.5 Å². The fraction of sp³-hybridized carbons (Fsp3) is 0.500. The second kappa shape index (κ2) is 4.37. The van der Waals surface area contributed by atoms with Gasteiger partial charge in [-0.3, -0.25) is 0 Å². The summed E-state index contributed by atoms with van der Waals surface area (Å²) in [4.78, 5) is 4.18. The topological polar surface area (TPSA) is 71.2 Å². The van der Waals surface area contributed by atoms with Crippen LogP contribution in [0.2, 0.25) is 0 Å². The number of nitrogen functional groups attached to an aromatic ring is 1. The number of nitrogens with zero attached hydrogens (tertiary/aromatic N) is 1. The van der Waals surface area contributed by atoms with Gasteiger partial charge in [-0.15, -0.1) is 0 Å². The molecule has 0 amide bonds. The van der Waals surface area contributed by atoms with Crippen molar-refractivity contribution in [3.63, 3.8) is 0 Å². The van der Waals surface area contributed by atoms with E-state index in [1.807, 2.05) is 20.8 Å². The highest BCUT2D eigenvalue weighted by atomic mass is 79.9. The first-order valence-electron chi connectivity index (χ1n) is 4.67. The lowest BCUT2D eigenvalue weighted by molar-refractivity contribution is 0.234. The molecule has 0 bridgehead atoms. The number of aromatic nitrogens is 1. The summed E-state index contributed by atoms with van der Waals surface area (Å²) < 4.78 is 0.837. The maximum Gasteiger partial charge on any atom is 0.141 e. The van der Waals surface area contributed by atoms with E-state index < -0.39 is 5.54 Å². The van der Waals surface area contributed by atoms with Crippen LogP contribution >= 0.6 is 15.9 Å². The molecule has 15 heavy (non-hydrogen) atoms. The third-order valence-electron chi connectivity index (χ3n) is 2.15. The van der Waals surface area contributed by atoms with E-state index in [1.165, 1.54) is 0 Å². The Kier molecular flexibility index (Phi) is 3.57. The molecule has 0 aliphatic rings. The normalized spacial score (nSPS) is 11.5. The average Bonchev–Trinajstić information content (AvgIpc) is 2.19. The van der Waals surface area contributed by atoms with Crippen molar-refractivity contribution < 1.29 is 5.11 Å². The van der Waals surface area contributed by atoms with Gasteiger partial charge in [-0.25, -0.2) is 4.98 Å². The van der Waals surface area contributed by atoms with Gasteiger partial charge in [0, 0.05) is 0 Å². The minimum Gasteiger partial charge on any atom is -0.397 e. The van der Waals surface area contributed by atoms with E-state index in [-0.39, 0.29) is 6.61 Å². The molecule has 0 atom stereocenters.